The Morgan fingerprint density at radius 3 is 2.65 bits per heavy atom. The third-order valence-corrected chi connectivity index (χ3v) is 3.93. The lowest BCUT2D eigenvalue weighted by atomic mass is 10.1. The zero-order valence-corrected chi connectivity index (χ0v) is 11.3. The van der Waals surface area contributed by atoms with E-state index < -0.39 is 5.97 Å². The minimum absolute atomic E-state index is 0.0280. The van der Waals surface area contributed by atoms with E-state index in [4.69, 9.17) is 9.52 Å². The number of aromatic nitrogens is 1. The molecule has 0 bridgehead atoms. The van der Waals surface area contributed by atoms with Gasteiger partial charge < -0.3 is 9.52 Å². The summed E-state index contributed by atoms with van der Waals surface area (Å²) in [5, 5.41) is 9.81. The van der Waals surface area contributed by atoms with Gasteiger partial charge in [-0.05, 0) is 6.07 Å². The van der Waals surface area contributed by atoms with Gasteiger partial charge in [-0.2, -0.15) is 0 Å². The van der Waals surface area contributed by atoms with Crippen molar-refractivity contribution >= 4 is 17.3 Å². The van der Waals surface area contributed by atoms with E-state index in [-0.39, 0.29) is 6.42 Å². The Morgan fingerprint density at radius 1 is 1.20 bits per heavy atom. The first-order valence-corrected chi connectivity index (χ1v) is 6.85. The maximum Gasteiger partial charge on any atom is 0.308 e. The summed E-state index contributed by atoms with van der Waals surface area (Å²) in [5.74, 6) is -0.857. The van der Waals surface area contributed by atoms with E-state index in [1.807, 2.05) is 36.4 Å². The normalized spacial score (nSPS) is 10.6. The van der Waals surface area contributed by atoms with Gasteiger partial charge in [-0.1, -0.05) is 30.3 Å². The van der Waals surface area contributed by atoms with Crippen LogP contribution in [0.2, 0.25) is 0 Å². The number of hydrogen-bond acceptors (Lipinski definition) is 4. The molecule has 0 aliphatic heterocycles. The molecule has 0 unspecified atom stereocenters. The Kier molecular flexibility index (Phi) is 3.35. The molecule has 3 rings (SSSR count). The maximum absolute atomic E-state index is 11.0. The molecule has 100 valence electrons. The van der Waals surface area contributed by atoms with Gasteiger partial charge in [-0.25, -0.2) is 4.98 Å². The van der Waals surface area contributed by atoms with E-state index in [0.29, 0.717) is 0 Å². The van der Waals surface area contributed by atoms with E-state index in [1.165, 1.54) is 11.3 Å². The van der Waals surface area contributed by atoms with Gasteiger partial charge in [0.1, 0.15) is 11.3 Å². The van der Waals surface area contributed by atoms with Gasteiger partial charge in [0.2, 0.25) is 0 Å². The number of thiazole rings is 1. The van der Waals surface area contributed by atoms with Crippen LogP contribution in [0.5, 0.6) is 0 Å². The standard InChI is InChI=1S/C15H11NO3S/c17-13(18)8-12-14(10-4-2-1-3-5-10)16-15(20-12)11-6-7-19-9-11/h1-7,9H,8H2,(H,17,18). The molecule has 0 aliphatic carbocycles. The topological polar surface area (TPSA) is 63.3 Å². The molecule has 0 amide bonds. The average molecular weight is 285 g/mol. The van der Waals surface area contributed by atoms with Crippen LogP contribution in [0.4, 0.5) is 0 Å². The van der Waals surface area contributed by atoms with Gasteiger partial charge in [-0.15, -0.1) is 11.3 Å². The van der Waals surface area contributed by atoms with Crippen molar-refractivity contribution in [2.45, 2.75) is 6.42 Å². The van der Waals surface area contributed by atoms with Crippen molar-refractivity contribution in [3.8, 4) is 21.8 Å². The highest BCUT2D eigenvalue weighted by molar-refractivity contribution is 7.15. The predicted octanol–water partition coefficient (Wildman–Crippen LogP) is 3.70. The number of nitrogens with zero attached hydrogens (tertiary/aromatic N) is 1. The molecule has 0 saturated heterocycles. The number of rotatable bonds is 4. The molecule has 0 atom stereocenters. The summed E-state index contributed by atoms with van der Waals surface area (Å²) in [6.45, 7) is 0. The van der Waals surface area contributed by atoms with Crippen LogP contribution in [0, 0.1) is 0 Å². The van der Waals surface area contributed by atoms with Crippen molar-refractivity contribution in [2.75, 3.05) is 0 Å². The monoisotopic (exact) mass is 285 g/mol. The van der Waals surface area contributed by atoms with E-state index in [2.05, 4.69) is 4.98 Å². The van der Waals surface area contributed by atoms with Gasteiger partial charge >= 0.3 is 5.97 Å². The van der Waals surface area contributed by atoms with E-state index >= 15 is 0 Å². The molecule has 1 N–H and O–H groups in total. The summed E-state index contributed by atoms with van der Waals surface area (Å²) in [4.78, 5) is 16.3. The summed E-state index contributed by atoms with van der Waals surface area (Å²) in [5.41, 5.74) is 2.52. The first kappa shape index (κ1) is 12.6. The van der Waals surface area contributed by atoms with E-state index in [9.17, 15) is 4.79 Å². The molecule has 3 aromatic rings. The third-order valence-electron chi connectivity index (χ3n) is 2.82. The highest BCUT2D eigenvalue weighted by Gasteiger charge is 2.16. The van der Waals surface area contributed by atoms with Crippen molar-refractivity contribution in [1.29, 1.82) is 0 Å². The lowest BCUT2D eigenvalue weighted by molar-refractivity contribution is -0.136. The van der Waals surface area contributed by atoms with Crippen molar-refractivity contribution in [3.05, 3.63) is 53.8 Å². The van der Waals surface area contributed by atoms with Gasteiger partial charge in [0.25, 0.3) is 0 Å². The molecule has 0 fully saturated rings. The lowest BCUT2D eigenvalue weighted by Gasteiger charge is -1.99. The number of hydrogen-bond donors (Lipinski definition) is 1. The van der Waals surface area contributed by atoms with Gasteiger partial charge in [0.05, 0.1) is 18.4 Å². The van der Waals surface area contributed by atoms with Crippen LogP contribution in [-0.4, -0.2) is 16.1 Å². The third kappa shape index (κ3) is 2.48. The van der Waals surface area contributed by atoms with Gasteiger partial charge in [0.15, 0.2) is 0 Å². The molecular formula is C15H11NO3S. The maximum atomic E-state index is 11.0. The number of aliphatic carboxylic acids is 1. The Hall–Kier alpha value is -2.40. The SMILES string of the molecule is O=C(O)Cc1sc(-c2ccoc2)nc1-c1ccccc1. The summed E-state index contributed by atoms with van der Waals surface area (Å²) >= 11 is 1.39. The second kappa shape index (κ2) is 5.30. The van der Waals surface area contributed by atoms with Gasteiger partial charge in [0, 0.05) is 16.0 Å². The number of carbonyl (C=O) groups is 1. The van der Waals surface area contributed by atoms with Crippen molar-refractivity contribution in [2.24, 2.45) is 0 Å². The van der Waals surface area contributed by atoms with Crippen molar-refractivity contribution in [3.63, 3.8) is 0 Å². The average Bonchev–Trinajstić information content (AvgIpc) is 3.08. The molecular weight excluding hydrogens is 274 g/mol. The second-order valence-corrected chi connectivity index (χ2v) is 5.32. The molecule has 0 spiro atoms. The van der Waals surface area contributed by atoms with E-state index in [0.717, 1.165) is 26.7 Å². The Labute approximate surface area is 119 Å². The second-order valence-electron chi connectivity index (χ2n) is 4.24. The van der Waals surface area contributed by atoms with Crippen LogP contribution in [0.15, 0.2) is 53.3 Å². The minimum atomic E-state index is -0.857. The fraction of sp³-hybridized carbons (Fsp3) is 0.0667. The van der Waals surface area contributed by atoms with Crippen LogP contribution in [0.3, 0.4) is 0 Å². The smallest absolute Gasteiger partial charge is 0.308 e. The largest absolute Gasteiger partial charge is 0.481 e. The number of carboxylic acids is 1. The van der Waals surface area contributed by atoms with Crippen LogP contribution in [0.1, 0.15) is 4.88 Å². The number of furan rings is 1. The molecule has 0 radical (unpaired) electrons. The first-order chi connectivity index (χ1) is 9.74. The summed E-state index contributed by atoms with van der Waals surface area (Å²) in [7, 11) is 0. The Balaban J connectivity index is 2.09. The minimum Gasteiger partial charge on any atom is -0.481 e. The first-order valence-electron chi connectivity index (χ1n) is 6.03. The molecule has 2 aromatic heterocycles. The Morgan fingerprint density at radius 2 is 2.00 bits per heavy atom. The molecule has 1 aromatic carbocycles. The van der Waals surface area contributed by atoms with Crippen molar-refractivity contribution in [1.82, 2.24) is 4.98 Å². The fourth-order valence-electron chi connectivity index (χ4n) is 1.94. The number of carboxylic acid groups (broad SMARTS) is 1. The quantitative estimate of drug-likeness (QED) is 0.794. The van der Waals surface area contributed by atoms with Crippen molar-refractivity contribution < 1.29 is 14.3 Å². The van der Waals surface area contributed by atoms with Gasteiger partial charge in [-0.3, -0.25) is 4.79 Å². The van der Waals surface area contributed by atoms with Crippen LogP contribution >= 0.6 is 11.3 Å². The molecule has 0 aliphatic rings. The molecule has 4 nitrogen and oxygen atoms in total. The molecule has 5 heteroatoms. The zero-order valence-electron chi connectivity index (χ0n) is 10.4. The summed E-state index contributed by atoms with van der Waals surface area (Å²) < 4.78 is 5.06. The van der Waals surface area contributed by atoms with E-state index in [1.54, 1.807) is 12.5 Å². The molecule has 2 heterocycles. The summed E-state index contributed by atoms with van der Waals surface area (Å²) in [6, 6.07) is 11.4. The molecule has 20 heavy (non-hydrogen) atoms. The zero-order chi connectivity index (χ0) is 13.9. The highest BCUT2D eigenvalue weighted by atomic mass is 32.1. The highest BCUT2D eigenvalue weighted by Crippen LogP contribution is 2.34. The molecule has 0 saturated carbocycles. The lowest BCUT2D eigenvalue weighted by Crippen LogP contribution is -1.99. The predicted molar refractivity (Wildman–Crippen MR) is 76.6 cm³/mol. The summed E-state index contributed by atoms with van der Waals surface area (Å²) in [6.07, 6.45) is 3.16. The fourth-order valence-corrected chi connectivity index (χ4v) is 3.00. The van der Waals surface area contributed by atoms with Crippen LogP contribution in [-0.2, 0) is 11.2 Å². The van der Waals surface area contributed by atoms with Crippen LogP contribution < -0.4 is 0 Å². The number of benzene rings is 1. The van der Waals surface area contributed by atoms with Crippen LogP contribution in [0.25, 0.3) is 21.8 Å². The Bertz CT molecular complexity index is 717.